The van der Waals surface area contributed by atoms with Gasteiger partial charge in [0.15, 0.2) is 0 Å². The maximum Gasteiger partial charge on any atom is 0.326 e. The smallest absolute Gasteiger partial charge is 0.326 e. The van der Waals surface area contributed by atoms with Crippen molar-refractivity contribution in [3.8, 4) is 0 Å². The van der Waals surface area contributed by atoms with Crippen LogP contribution in [-0.4, -0.2) is 23.0 Å². The molecule has 2 N–H and O–H groups in total. The average Bonchev–Trinajstić information content (AvgIpc) is 2.31. The SMILES string of the molecule is C=CCC(NC(=O)c1cc(Cl)ccc1C)C(=O)O. The highest BCUT2D eigenvalue weighted by Gasteiger charge is 2.20. The summed E-state index contributed by atoms with van der Waals surface area (Å²) >= 11 is 5.81. The fourth-order valence-corrected chi connectivity index (χ4v) is 1.64. The maximum absolute atomic E-state index is 11.9. The number of amides is 1. The second-order valence-corrected chi connectivity index (χ2v) is 4.28. The van der Waals surface area contributed by atoms with Gasteiger partial charge in [0.2, 0.25) is 0 Å². The van der Waals surface area contributed by atoms with Gasteiger partial charge in [0.1, 0.15) is 6.04 Å². The molecule has 96 valence electrons. The summed E-state index contributed by atoms with van der Waals surface area (Å²) in [5.41, 5.74) is 1.11. The van der Waals surface area contributed by atoms with Crippen LogP contribution >= 0.6 is 11.6 Å². The fourth-order valence-electron chi connectivity index (χ4n) is 1.46. The van der Waals surface area contributed by atoms with Crippen LogP contribution in [0.3, 0.4) is 0 Å². The highest BCUT2D eigenvalue weighted by Crippen LogP contribution is 2.15. The molecule has 5 heteroatoms. The molecule has 0 fully saturated rings. The van der Waals surface area contributed by atoms with Crippen LogP contribution < -0.4 is 5.32 Å². The molecule has 1 aromatic rings. The average molecular weight is 268 g/mol. The lowest BCUT2D eigenvalue weighted by Gasteiger charge is -2.13. The molecule has 0 aliphatic rings. The van der Waals surface area contributed by atoms with E-state index in [1.807, 2.05) is 0 Å². The van der Waals surface area contributed by atoms with E-state index in [1.165, 1.54) is 12.1 Å². The van der Waals surface area contributed by atoms with Crippen molar-refractivity contribution in [3.05, 3.63) is 47.0 Å². The molecule has 18 heavy (non-hydrogen) atoms. The van der Waals surface area contributed by atoms with Crippen LogP contribution in [0.25, 0.3) is 0 Å². The summed E-state index contributed by atoms with van der Waals surface area (Å²) in [4.78, 5) is 22.9. The second-order valence-electron chi connectivity index (χ2n) is 3.85. The number of aryl methyl sites for hydroxylation is 1. The van der Waals surface area contributed by atoms with Gasteiger partial charge in [0.25, 0.3) is 5.91 Å². The maximum atomic E-state index is 11.9. The van der Waals surface area contributed by atoms with Crippen molar-refractivity contribution in [1.82, 2.24) is 5.32 Å². The van der Waals surface area contributed by atoms with Crippen LogP contribution in [0.4, 0.5) is 0 Å². The Hall–Kier alpha value is -1.81. The molecule has 1 atom stereocenters. The van der Waals surface area contributed by atoms with Gasteiger partial charge in [-0.3, -0.25) is 4.79 Å². The highest BCUT2D eigenvalue weighted by molar-refractivity contribution is 6.31. The van der Waals surface area contributed by atoms with Crippen molar-refractivity contribution in [2.75, 3.05) is 0 Å². The first-order valence-electron chi connectivity index (χ1n) is 5.36. The first-order valence-corrected chi connectivity index (χ1v) is 5.74. The van der Waals surface area contributed by atoms with Gasteiger partial charge >= 0.3 is 5.97 Å². The first kappa shape index (κ1) is 14.3. The van der Waals surface area contributed by atoms with E-state index >= 15 is 0 Å². The Balaban J connectivity index is 2.89. The van der Waals surface area contributed by atoms with Crippen molar-refractivity contribution in [1.29, 1.82) is 0 Å². The molecule has 0 bridgehead atoms. The third-order valence-corrected chi connectivity index (χ3v) is 2.69. The van der Waals surface area contributed by atoms with Crippen molar-refractivity contribution in [2.24, 2.45) is 0 Å². The summed E-state index contributed by atoms with van der Waals surface area (Å²) in [7, 11) is 0. The standard InChI is InChI=1S/C13H14ClNO3/c1-3-4-11(13(17)18)15-12(16)10-7-9(14)6-5-8(10)2/h3,5-7,11H,1,4H2,2H3,(H,15,16)(H,17,18). The molecule has 0 aliphatic carbocycles. The number of aliphatic carboxylic acids is 1. The molecule has 1 aromatic carbocycles. The Morgan fingerprint density at radius 1 is 1.56 bits per heavy atom. The van der Waals surface area contributed by atoms with E-state index in [0.717, 1.165) is 5.56 Å². The molecular formula is C13H14ClNO3. The number of nitrogens with one attached hydrogen (secondary N) is 1. The van der Waals surface area contributed by atoms with Crippen molar-refractivity contribution in [3.63, 3.8) is 0 Å². The van der Waals surface area contributed by atoms with E-state index in [9.17, 15) is 9.59 Å². The quantitative estimate of drug-likeness (QED) is 0.805. The van der Waals surface area contributed by atoms with Crippen LogP contribution in [0, 0.1) is 6.92 Å². The molecular weight excluding hydrogens is 254 g/mol. The Bertz CT molecular complexity index is 485. The fraction of sp³-hybridized carbons (Fsp3) is 0.231. The summed E-state index contributed by atoms with van der Waals surface area (Å²) in [6.45, 7) is 5.22. The van der Waals surface area contributed by atoms with Crippen LogP contribution in [0.5, 0.6) is 0 Å². The number of rotatable bonds is 5. The van der Waals surface area contributed by atoms with Crippen molar-refractivity contribution < 1.29 is 14.7 Å². The van der Waals surface area contributed by atoms with E-state index in [2.05, 4.69) is 11.9 Å². The van der Waals surface area contributed by atoms with Crippen LogP contribution in [0.2, 0.25) is 5.02 Å². The van der Waals surface area contributed by atoms with Gasteiger partial charge in [-0.15, -0.1) is 6.58 Å². The number of halogens is 1. The Labute approximate surface area is 110 Å². The predicted octanol–water partition coefficient (Wildman–Crippen LogP) is 2.41. The molecule has 1 unspecified atom stereocenters. The number of hydrogen-bond donors (Lipinski definition) is 2. The zero-order valence-corrected chi connectivity index (χ0v) is 10.7. The lowest BCUT2D eigenvalue weighted by atomic mass is 10.1. The molecule has 0 saturated carbocycles. The zero-order chi connectivity index (χ0) is 13.7. The third kappa shape index (κ3) is 3.60. The largest absolute Gasteiger partial charge is 0.480 e. The molecule has 1 amide bonds. The zero-order valence-electron chi connectivity index (χ0n) is 9.94. The van der Waals surface area contributed by atoms with Gasteiger partial charge in [-0.1, -0.05) is 23.7 Å². The molecule has 1 rings (SSSR count). The van der Waals surface area contributed by atoms with Gasteiger partial charge in [0, 0.05) is 10.6 Å². The Morgan fingerprint density at radius 3 is 2.78 bits per heavy atom. The van der Waals surface area contributed by atoms with Gasteiger partial charge in [0.05, 0.1) is 0 Å². The van der Waals surface area contributed by atoms with Gasteiger partial charge in [-0.2, -0.15) is 0 Å². The van der Waals surface area contributed by atoms with Crippen molar-refractivity contribution in [2.45, 2.75) is 19.4 Å². The molecule has 0 aliphatic heterocycles. The summed E-state index contributed by atoms with van der Waals surface area (Å²) in [6.07, 6.45) is 1.62. The Morgan fingerprint density at radius 2 is 2.22 bits per heavy atom. The molecule has 0 heterocycles. The molecule has 0 radical (unpaired) electrons. The first-order chi connectivity index (χ1) is 8.45. The van der Waals surface area contributed by atoms with E-state index in [0.29, 0.717) is 10.6 Å². The molecule has 4 nitrogen and oxygen atoms in total. The molecule has 0 aromatic heterocycles. The van der Waals surface area contributed by atoms with Crippen molar-refractivity contribution >= 4 is 23.5 Å². The van der Waals surface area contributed by atoms with E-state index < -0.39 is 17.9 Å². The van der Waals surface area contributed by atoms with E-state index in [4.69, 9.17) is 16.7 Å². The number of benzene rings is 1. The van der Waals surface area contributed by atoms with Crippen LogP contribution in [-0.2, 0) is 4.79 Å². The number of carboxylic acids is 1. The normalized spacial score (nSPS) is 11.7. The minimum atomic E-state index is -1.09. The van der Waals surface area contributed by atoms with Crippen LogP contribution in [0.15, 0.2) is 30.9 Å². The summed E-state index contributed by atoms with van der Waals surface area (Å²) in [5, 5.41) is 11.8. The summed E-state index contributed by atoms with van der Waals surface area (Å²) in [5.74, 6) is -1.55. The predicted molar refractivity (Wildman–Crippen MR) is 69.9 cm³/mol. The topological polar surface area (TPSA) is 66.4 Å². The summed E-state index contributed by atoms with van der Waals surface area (Å²) in [6, 6.07) is 3.92. The Kier molecular flexibility index (Phi) is 4.92. The second kappa shape index (κ2) is 6.21. The van der Waals surface area contributed by atoms with E-state index in [1.54, 1.807) is 19.1 Å². The van der Waals surface area contributed by atoms with Gasteiger partial charge in [-0.05, 0) is 31.0 Å². The molecule has 0 spiro atoms. The van der Waals surface area contributed by atoms with Gasteiger partial charge < -0.3 is 10.4 Å². The summed E-state index contributed by atoms with van der Waals surface area (Å²) < 4.78 is 0. The minimum absolute atomic E-state index is 0.167. The number of carboxylic acid groups (broad SMARTS) is 1. The number of carbonyl (C=O) groups excluding carboxylic acids is 1. The number of carbonyl (C=O) groups is 2. The lowest BCUT2D eigenvalue weighted by molar-refractivity contribution is -0.139. The van der Waals surface area contributed by atoms with E-state index in [-0.39, 0.29) is 6.42 Å². The van der Waals surface area contributed by atoms with Crippen LogP contribution in [0.1, 0.15) is 22.3 Å². The monoisotopic (exact) mass is 267 g/mol. The van der Waals surface area contributed by atoms with Gasteiger partial charge in [-0.25, -0.2) is 4.79 Å². The third-order valence-electron chi connectivity index (χ3n) is 2.45. The minimum Gasteiger partial charge on any atom is -0.480 e. The lowest BCUT2D eigenvalue weighted by Crippen LogP contribution is -2.40. The highest BCUT2D eigenvalue weighted by atomic mass is 35.5. The molecule has 0 saturated heterocycles. The number of hydrogen-bond acceptors (Lipinski definition) is 2.